The maximum absolute atomic E-state index is 11.7. The molecule has 9 nitrogen and oxygen atoms in total. The van der Waals surface area contributed by atoms with Crippen LogP contribution in [-0.2, 0) is 11.3 Å². The molecule has 128 valence electrons. The van der Waals surface area contributed by atoms with Crippen LogP contribution in [0.1, 0.15) is 11.3 Å². The zero-order chi connectivity index (χ0) is 17.8. The van der Waals surface area contributed by atoms with Crippen LogP contribution in [0.3, 0.4) is 0 Å². The van der Waals surface area contributed by atoms with Crippen LogP contribution in [0.4, 0.5) is 5.95 Å². The molecule has 0 saturated carbocycles. The van der Waals surface area contributed by atoms with Crippen LogP contribution >= 0.6 is 11.6 Å². The van der Waals surface area contributed by atoms with Gasteiger partial charge >= 0.3 is 0 Å². The second kappa shape index (κ2) is 7.14. The number of anilines is 1. The monoisotopic (exact) mass is 359 g/mol. The minimum atomic E-state index is -0.424. The number of carbonyl (C=O) groups is 1. The maximum Gasteiger partial charge on any atom is 0.261 e. The lowest BCUT2D eigenvalue weighted by atomic mass is 10.1. The van der Waals surface area contributed by atoms with Crippen LogP contribution in [0.5, 0.6) is 0 Å². The minimum Gasteiger partial charge on any atom is -0.455 e. The molecule has 0 atom stereocenters. The van der Waals surface area contributed by atoms with Crippen LogP contribution in [0.15, 0.2) is 39.9 Å². The van der Waals surface area contributed by atoms with Gasteiger partial charge in [-0.25, -0.2) is 10.1 Å². The molecular formula is C15H14ClN7O2. The fourth-order valence-electron chi connectivity index (χ4n) is 1.99. The highest BCUT2D eigenvalue weighted by Gasteiger charge is 2.08. The molecule has 3 aromatic rings. The summed E-state index contributed by atoms with van der Waals surface area (Å²) in [6.07, 6.45) is 1.39. The Labute approximate surface area is 147 Å². The summed E-state index contributed by atoms with van der Waals surface area (Å²) in [5, 5.41) is 14.9. The molecule has 0 fully saturated rings. The van der Waals surface area contributed by atoms with Gasteiger partial charge in [0, 0.05) is 10.6 Å². The molecule has 0 radical (unpaired) electrons. The number of nitrogens with one attached hydrogen (secondary N) is 1. The maximum atomic E-state index is 11.7. The van der Waals surface area contributed by atoms with E-state index in [9.17, 15) is 4.79 Å². The van der Waals surface area contributed by atoms with Gasteiger partial charge in [-0.2, -0.15) is 5.10 Å². The van der Waals surface area contributed by atoms with Crippen molar-refractivity contribution in [1.29, 1.82) is 0 Å². The molecule has 0 spiro atoms. The molecule has 25 heavy (non-hydrogen) atoms. The van der Waals surface area contributed by atoms with Crippen LogP contribution in [-0.4, -0.2) is 32.3 Å². The topological polar surface area (TPSA) is 124 Å². The molecule has 3 rings (SSSR count). The molecule has 0 aliphatic carbocycles. The van der Waals surface area contributed by atoms with E-state index in [1.54, 1.807) is 12.1 Å². The average molecular weight is 360 g/mol. The summed E-state index contributed by atoms with van der Waals surface area (Å²) >= 11 is 6.12. The van der Waals surface area contributed by atoms with Crippen LogP contribution in [0.2, 0.25) is 5.02 Å². The summed E-state index contributed by atoms with van der Waals surface area (Å²) in [6, 6.07) is 9.19. The molecule has 0 saturated heterocycles. The summed E-state index contributed by atoms with van der Waals surface area (Å²) in [6.45, 7) is 1.79. The number of nitrogens with two attached hydrogens (primary N) is 1. The van der Waals surface area contributed by atoms with Crippen molar-refractivity contribution in [3.63, 3.8) is 0 Å². The molecule has 2 heterocycles. The largest absolute Gasteiger partial charge is 0.455 e. The fourth-order valence-corrected chi connectivity index (χ4v) is 2.17. The number of nitrogen functional groups attached to an aromatic ring is 1. The Kier molecular flexibility index (Phi) is 4.75. The van der Waals surface area contributed by atoms with Gasteiger partial charge in [-0.1, -0.05) is 28.8 Å². The molecule has 1 aromatic carbocycles. The highest BCUT2D eigenvalue weighted by molar-refractivity contribution is 6.31. The number of aromatic nitrogens is 4. The number of benzene rings is 1. The molecular weight excluding hydrogens is 346 g/mol. The number of hydrogen-bond acceptors (Lipinski definition) is 7. The Hall–Kier alpha value is -3.20. The number of hydrazone groups is 1. The summed E-state index contributed by atoms with van der Waals surface area (Å²) in [5.74, 6) is 0.754. The number of rotatable bonds is 5. The Morgan fingerprint density at radius 3 is 3.00 bits per heavy atom. The van der Waals surface area contributed by atoms with Crippen molar-refractivity contribution in [1.82, 2.24) is 25.6 Å². The number of hydrogen-bond donors (Lipinski definition) is 2. The lowest BCUT2D eigenvalue weighted by Crippen LogP contribution is -2.24. The van der Waals surface area contributed by atoms with Gasteiger partial charge in [-0.05, 0) is 41.1 Å². The van der Waals surface area contributed by atoms with Gasteiger partial charge in [0.25, 0.3) is 5.91 Å². The quantitative estimate of drug-likeness (QED) is 0.527. The third-order valence-electron chi connectivity index (χ3n) is 3.32. The predicted molar refractivity (Wildman–Crippen MR) is 91.9 cm³/mol. The van der Waals surface area contributed by atoms with E-state index < -0.39 is 5.91 Å². The van der Waals surface area contributed by atoms with Crippen molar-refractivity contribution in [2.24, 2.45) is 5.10 Å². The molecule has 2 aromatic heterocycles. The van der Waals surface area contributed by atoms with E-state index in [0.29, 0.717) is 16.5 Å². The van der Waals surface area contributed by atoms with E-state index in [0.717, 1.165) is 15.8 Å². The van der Waals surface area contributed by atoms with Gasteiger partial charge < -0.3 is 10.2 Å². The van der Waals surface area contributed by atoms with Crippen LogP contribution in [0.25, 0.3) is 11.3 Å². The first-order valence-electron chi connectivity index (χ1n) is 7.23. The van der Waals surface area contributed by atoms with E-state index in [-0.39, 0.29) is 12.5 Å². The van der Waals surface area contributed by atoms with Crippen molar-refractivity contribution in [2.45, 2.75) is 13.5 Å². The Balaban J connectivity index is 1.61. The van der Waals surface area contributed by atoms with Gasteiger partial charge in [0.2, 0.25) is 5.95 Å². The van der Waals surface area contributed by atoms with Crippen molar-refractivity contribution >= 4 is 29.7 Å². The van der Waals surface area contributed by atoms with Gasteiger partial charge in [-0.15, -0.1) is 0 Å². The first-order valence-corrected chi connectivity index (χ1v) is 7.60. The Bertz CT molecular complexity index is 932. The second-order valence-electron chi connectivity index (χ2n) is 5.15. The standard InChI is InChI=1S/C15H14ClN7O2/c1-9-2-3-10(6-12(9)16)13-5-4-11(25-13)7-18-19-14(24)8-23-15(17)20-21-22-23/h2-7H,8H2,1H3,(H,19,24)(H2,17,20,22)/b18-7+. The van der Waals surface area contributed by atoms with E-state index >= 15 is 0 Å². The SMILES string of the molecule is Cc1ccc(-c2ccc(/C=N/NC(=O)Cn3nnnc3N)o2)cc1Cl. The molecule has 0 aliphatic rings. The number of halogens is 1. The van der Waals surface area contributed by atoms with E-state index in [1.807, 2.05) is 25.1 Å². The molecule has 0 aliphatic heterocycles. The van der Waals surface area contributed by atoms with Gasteiger partial charge in [-0.3, -0.25) is 4.79 Å². The van der Waals surface area contributed by atoms with Crippen LogP contribution in [0, 0.1) is 6.92 Å². The average Bonchev–Trinajstić information content (AvgIpc) is 3.20. The van der Waals surface area contributed by atoms with E-state index in [4.69, 9.17) is 21.8 Å². The number of amides is 1. The summed E-state index contributed by atoms with van der Waals surface area (Å²) in [4.78, 5) is 11.7. The molecule has 10 heteroatoms. The lowest BCUT2D eigenvalue weighted by molar-refractivity contribution is -0.121. The number of aryl methyl sites for hydroxylation is 1. The third-order valence-corrected chi connectivity index (χ3v) is 3.72. The highest BCUT2D eigenvalue weighted by Crippen LogP contribution is 2.26. The predicted octanol–water partition coefficient (Wildman–Crippen LogP) is 1.63. The summed E-state index contributed by atoms with van der Waals surface area (Å²) in [7, 11) is 0. The van der Waals surface area contributed by atoms with Gasteiger partial charge in [0.15, 0.2) is 0 Å². The summed E-state index contributed by atoms with van der Waals surface area (Å²) < 4.78 is 6.80. The minimum absolute atomic E-state index is 0.0477. The zero-order valence-corrected chi connectivity index (χ0v) is 13.9. The molecule has 1 amide bonds. The normalized spacial score (nSPS) is 11.1. The smallest absolute Gasteiger partial charge is 0.261 e. The third kappa shape index (κ3) is 4.01. The number of carbonyl (C=O) groups excluding carboxylic acids is 1. The van der Waals surface area contributed by atoms with E-state index in [2.05, 4.69) is 26.1 Å². The van der Waals surface area contributed by atoms with Crippen molar-refractivity contribution in [3.05, 3.63) is 46.7 Å². The second-order valence-corrected chi connectivity index (χ2v) is 5.56. The molecule has 0 unspecified atom stereocenters. The summed E-state index contributed by atoms with van der Waals surface area (Å²) in [5.41, 5.74) is 9.66. The molecule has 0 bridgehead atoms. The highest BCUT2D eigenvalue weighted by atomic mass is 35.5. The van der Waals surface area contributed by atoms with Gasteiger partial charge in [0.05, 0.1) is 6.21 Å². The lowest BCUT2D eigenvalue weighted by Gasteiger charge is -2.01. The van der Waals surface area contributed by atoms with Crippen molar-refractivity contribution in [2.75, 3.05) is 5.73 Å². The first-order chi connectivity index (χ1) is 12.0. The van der Waals surface area contributed by atoms with Crippen LogP contribution < -0.4 is 11.2 Å². The first kappa shape index (κ1) is 16.7. The van der Waals surface area contributed by atoms with E-state index in [1.165, 1.54) is 6.21 Å². The Morgan fingerprint density at radius 1 is 1.44 bits per heavy atom. The number of tetrazole rings is 1. The van der Waals surface area contributed by atoms with Crippen molar-refractivity contribution in [3.8, 4) is 11.3 Å². The number of nitrogens with zero attached hydrogens (tertiary/aromatic N) is 5. The molecule has 3 N–H and O–H groups in total. The van der Waals surface area contributed by atoms with Gasteiger partial charge in [0.1, 0.15) is 18.1 Å². The van der Waals surface area contributed by atoms with Crippen molar-refractivity contribution < 1.29 is 9.21 Å². The fraction of sp³-hybridized carbons (Fsp3) is 0.133. The Morgan fingerprint density at radius 2 is 2.28 bits per heavy atom. The zero-order valence-electron chi connectivity index (χ0n) is 13.2. The number of furan rings is 1.